The zero-order chi connectivity index (χ0) is 20.1. The fraction of sp³-hybridized carbons (Fsp3) is 0.400. The lowest BCUT2D eigenvalue weighted by Gasteiger charge is -2.36. The molecule has 0 aromatic heterocycles. The topological polar surface area (TPSA) is 41.6 Å². The summed E-state index contributed by atoms with van der Waals surface area (Å²) in [7, 11) is 0. The molecule has 2 aromatic carbocycles. The van der Waals surface area contributed by atoms with Crippen molar-refractivity contribution in [1.29, 1.82) is 0 Å². The van der Waals surface area contributed by atoms with Gasteiger partial charge in [-0.15, -0.1) is 0 Å². The molecule has 1 spiro atoms. The smallest absolute Gasteiger partial charge is 0.221 e. The van der Waals surface area contributed by atoms with Crippen LogP contribution in [0.4, 0.5) is 5.69 Å². The van der Waals surface area contributed by atoms with Crippen LogP contribution in [-0.4, -0.2) is 36.6 Å². The first-order valence-corrected chi connectivity index (χ1v) is 10.5. The van der Waals surface area contributed by atoms with E-state index in [2.05, 4.69) is 64.8 Å². The number of benzene rings is 2. The molecule has 2 aromatic rings. The third-order valence-corrected chi connectivity index (χ3v) is 6.18. The largest absolute Gasteiger partial charge is 0.373 e. The van der Waals surface area contributed by atoms with Crippen LogP contribution in [0, 0.1) is 5.41 Å². The molecule has 4 heteroatoms. The summed E-state index contributed by atoms with van der Waals surface area (Å²) < 4.78 is 6.34. The summed E-state index contributed by atoms with van der Waals surface area (Å²) >= 11 is 0. The van der Waals surface area contributed by atoms with Gasteiger partial charge in [0.15, 0.2) is 0 Å². The number of anilines is 1. The van der Waals surface area contributed by atoms with Gasteiger partial charge in [-0.05, 0) is 49.1 Å². The number of nitrogens with one attached hydrogen (secondary N) is 1. The number of hydrogen-bond donors (Lipinski definition) is 1. The van der Waals surface area contributed by atoms with Crippen molar-refractivity contribution in [1.82, 2.24) is 4.90 Å². The first-order valence-electron chi connectivity index (χ1n) is 10.5. The zero-order valence-electron chi connectivity index (χ0n) is 17.1. The van der Waals surface area contributed by atoms with E-state index < -0.39 is 0 Å². The minimum absolute atomic E-state index is 0.0369. The second-order valence-electron chi connectivity index (χ2n) is 8.39. The van der Waals surface area contributed by atoms with E-state index in [-0.39, 0.29) is 17.4 Å². The molecule has 0 radical (unpaired) electrons. The van der Waals surface area contributed by atoms with E-state index >= 15 is 0 Å². The highest BCUT2D eigenvalue weighted by molar-refractivity contribution is 5.88. The van der Waals surface area contributed by atoms with Gasteiger partial charge in [0.05, 0.1) is 12.7 Å². The first kappa shape index (κ1) is 19.9. The molecule has 1 saturated heterocycles. The number of likely N-dealkylation sites (tertiary alicyclic amines) is 1. The maximum absolute atomic E-state index is 11.2. The Labute approximate surface area is 173 Å². The summed E-state index contributed by atoms with van der Waals surface area (Å²) in [4.78, 5) is 13.8. The monoisotopic (exact) mass is 390 g/mol. The molecular formula is C25H30N2O2. The molecule has 152 valence electrons. The Hall–Kier alpha value is -2.43. The quantitative estimate of drug-likeness (QED) is 0.768. The van der Waals surface area contributed by atoms with Crippen molar-refractivity contribution in [3.63, 3.8) is 0 Å². The van der Waals surface area contributed by atoms with E-state index in [4.69, 9.17) is 4.74 Å². The van der Waals surface area contributed by atoms with Gasteiger partial charge in [0.2, 0.25) is 5.91 Å². The van der Waals surface area contributed by atoms with Crippen molar-refractivity contribution < 1.29 is 9.53 Å². The Morgan fingerprint density at radius 3 is 2.66 bits per heavy atom. The third kappa shape index (κ3) is 4.95. The number of carbonyl (C=O) groups is 1. The molecular weight excluding hydrogens is 360 g/mol. The van der Waals surface area contributed by atoms with Crippen molar-refractivity contribution >= 4 is 11.6 Å². The van der Waals surface area contributed by atoms with E-state index in [0.29, 0.717) is 6.61 Å². The van der Waals surface area contributed by atoms with Gasteiger partial charge in [0.25, 0.3) is 0 Å². The van der Waals surface area contributed by atoms with Gasteiger partial charge in [-0.25, -0.2) is 0 Å². The van der Waals surface area contributed by atoms with Crippen LogP contribution in [0.3, 0.4) is 0 Å². The molecule has 2 atom stereocenters. The van der Waals surface area contributed by atoms with Crippen molar-refractivity contribution in [3.8, 4) is 0 Å². The van der Waals surface area contributed by atoms with Crippen LogP contribution in [0.1, 0.15) is 30.9 Å². The van der Waals surface area contributed by atoms with Crippen molar-refractivity contribution in [2.45, 2.75) is 38.8 Å². The molecule has 1 fully saturated rings. The standard InChI is InChI=1S/C25H30N2O2/c1-20(28)26-23-11-9-22(10-12-23)18-27-15-14-25(19-27)13-5-6-16-29-24(25)17-21-7-3-2-4-8-21/h2-12,24H,13-19H2,1H3,(H,26,28)/t24?,25-/m0/s1. The molecule has 0 aliphatic carbocycles. The Kier molecular flexibility index (Phi) is 6.12. The Morgan fingerprint density at radius 1 is 1.10 bits per heavy atom. The van der Waals surface area contributed by atoms with Crippen LogP contribution >= 0.6 is 0 Å². The number of ether oxygens (including phenoxy) is 1. The van der Waals surface area contributed by atoms with Crippen LogP contribution in [0.25, 0.3) is 0 Å². The van der Waals surface area contributed by atoms with Gasteiger partial charge >= 0.3 is 0 Å². The van der Waals surface area contributed by atoms with Crippen LogP contribution < -0.4 is 5.32 Å². The molecule has 29 heavy (non-hydrogen) atoms. The highest BCUT2D eigenvalue weighted by atomic mass is 16.5. The van der Waals surface area contributed by atoms with E-state index in [0.717, 1.165) is 38.2 Å². The van der Waals surface area contributed by atoms with Gasteiger partial charge in [-0.2, -0.15) is 0 Å². The number of amides is 1. The average molecular weight is 391 g/mol. The van der Waals surface area contributed by atoms with Gasteiger partial charge in [0, 0.05) is 31.1 Å². The van der Waals surface area contributed by atoms with Crippen molar-refractivity contribution in [2.24, 2.45) is 5.41 Å². The summed E-state index contributed by atoms with van der Waals surface area (Å²) in [6.45, 7) is 5.33. The van der Waals surface area contributed by atoms with E-state index in [9.17, 15) is 4.79 Å². The predicted molar refractivity (Wildman–Crippen MR) is 117 cm³/mol. The molecule has 2 aliphatic heterocycles. The van der Waals surface area contributed by atoms with Crippen LogP contribution in [-0.2, 0) is 22.5 Å². The van der Waals surface area contributed by atoms with Crippen LogP contribution in [0.15, 0.2) is 66.7 Å². The lowest BCUT2D eigenvalue weighted by Crippen LogP contribution is -2.40. The molecule has 1 unspecified atom stereocenters. The SMILES string of the molecule is CC(=O)Nc1ccc(CN2CC[C@@]3(CC=CCOC3Cc3ccccc3)C2)cc1. The van der Waals surface area contributed by atoms with Gasteiger partial charge in [-0.1, -0.05) is 54.6 Å². The molecule has 4 rings (SSSR count). The minimum Gasteiger partial charge on any atom is -0.373 e. The Morgan fingerprint density at radius 2 is 1.90 bits per heavy atom. The zero-order valence-corrected chi connectivity index (χ0v) is 17.1. The van der Waals surface area contributed by atoms with Crippen molar-refractivity contribution in [3.05, 3.63) is 77.9 Å². The highest BCUT2D eigenvalue weighted by Crippen LogP contribution is 2.42. The van der Waals surface area contributed by atoms with E-state index in [1.807, 2.05) is 12.1 Å². The maximum Gasteiger partial charge on any atom is 0.221 e. The number of hydrogen-bond acceptors (Lipinski definition) is 3. The minimum atomic E-state index is -0.0369. The highest BCUT2D eigenvalue weighted by Gasteiger charge is 2.44. The van der Waals surface area contributed by atoms with Gasteiger partial charge < -0.3 is 10.1 Å². The normalized spacial score (nSPS) is 24.5. The molecule has 4 nitrogen and oxygen atoms in total. The average Bonchev–Trinajstić information content (AvgIpc) is 3.02. The van der Waals surface area contributed by atoms with E-state index in [1.165, 1.54) is 24.5 Å². The molecule has 0 saturated carbocycles. The number of allylic oxidation sites excluding steroid dienone is 1. The third-order valence-electron chi connectivity index (χ3n) is 6.18. The summed E-state index contributed by atoms with van der Waals surface area (Å²) in [6, 6.07) is 18.9. The maximum atomic E-state index is 11.2. The molecule has 1 amide bonds. The first-order chi connectivity index (χ1) is 14.1. The number of rotatable bonds is 5. The van der Waals surface area contributed by atoms with Gasteiger partial charge in [0.1, 0.15) is 0 Å². The summed E-state index contributed by atoms with van der Waals surface area (Å²) in [5.41, 5.74) is 3.66. The van der Waals surface area contributed by atoms with E-state index in [1.54, 1.807) is 0 Å². The molecule has 2 heterocycles. The fourth-order valence-electron chi connectivity index (χ4n) is 4.67. The summed E-state index contributed by atoms with van der Waals surface area (Å²) in [5, 5.41) is 2.83. The van der Waals surface area contributed by atoms with Gasteiger partial charge in [-0.3, -0.25) is 9.69 Å². The summed E-state index contributed by atoms with van der Waals surface area (Å²) in [5.74, 6) is -0.0369. The molecule has 0 bridgehead atoms. The van der Waals surface area contributed by atoms with Crippen molar-refractivity contribution in [2.75, 3.05) is 25.0 Å². The second-order valence-corrected chi connectivity index (χ2v) is 8.39. The Balaban J connectivity index is 1.43. The lowest BCUT2D eigenvalue weighted by atomic mass is 9.76. The number of nitrogens with zero attached hydrogens (tertiary/aromatic N) is 1. The lowest BCUT2D eigenvalue weighted by molar-refractivity contribution is -0.114. The van der Waals surface area contributed by atoms with Crippen LogP contribution in [0.5, 0.6) is 0 Å². The molecule has 1 N–H and O–H groups in total. The second kappa shape index (κ2) is 8.93. The number of carbonyl (C=O) groups excluding carboxylic acids is 1. The fourth-order valence-corrected chi connectivity index (χ4v) is 4.67. The van der Waals surface area contributed by atoms with Crippen LogP contribution in [0.2, 0.25) is 0 Å². The Bertz CT molecular complexity index is 847. The molecule has 2 aliphatic rings. The predicted octanol–water partition coefficient (Wildman–Crippen LogP) is 4.42. The summed E-state index contributed by atoms with van der Waals surface area (Å²) in [6.07, 6.45) is 7.96.